The maximum atomic E-state index is 4.70. The second kappa shape index (κ2) is 5.06. The number of aromatic nitrogens is 2. The fourth-order valence-corrected chi connectivity index (χ4v) is 3.71. The number of aryl methyl sites for hydroxylation is 1. The van der Waals surface area contributed by atoms with Gasteiger partial charge in [-0.1, -0.05) is 11.3 Å². The van der Waals surface area contributed by atoms with E-state index in [0.717, 1.165) is 21.0 Å². The maximum absolute atomic E-state index is 4.70. The average molecular weight is 276 g/mol. The summed E-state index contributed by atoms with van der Waals surface area (Å²) in [6.45, 7) is 6.72. The minimum absolute atomic E-state index is 0.400. The number of thiazole rings is 1. The Morgan fingerprint density at radius 3 is 2.79 bits per heavy atom. The van der Waals surface area contributed by atoms with Crippen LogP contribution in [0.2, 0.25) is 0 Å². The molecule has 4 nitrogen and oxygen atoms in total. The summed E-state index contributed by atoms with van der Waals surface area (Å²) >= 11 is 1.68. The molecule has 1 aliphatic rings. The molecule has 2 aromatic rings. The second-order valence-electron chi connectivity index (χ2n) is 5.14. The summed E-state index contributed by atoms with van der Waals surface area (Å²) in [5, 5.41) is 4.37. The lowest BCUT2D eigenvalue weighted by atomic mass is 10.1. The van der Waals surface area contributed by atoms with Crippen LogP contribution in [0.25, 0.3) is 10.3 Å². The second-order valence-corrected chi connectivity index (χ2v) is 6.32. The van der Waals surface area contributed by atoms with Crippen molar-refractivity contribution in [2.45, 2.75) is 32.7 Å². The molecule has 0 amide bonds. The zero-order chi connectivity index (χ0) is 13.4. The van der Waals surface area contributed by atoms with E-state index in [-0.39, 0.29) is 0 Å². The third kappa shape index (κ3) is 2.21. The third-order valence-corrected chi connectivity index (χ3v) is 4.83. The molecule has 3 rings (SSSR count). The number of hydrogen-bond donors (Lipinski definition) is 1. The molecule has 1 atom stereocenters. The van der Waals surface area contributed by atoms with Crippen LogP contribution in [0.15, 0.2) is 6.20 Å². The van der Waals surface area contributed by atoms with Gasteiger partial charge in [-0.2, -0.15) is 0 Å². The highest BCUT2D eigenvalue weighted by Crippen LogP contribution is 2.35. The van der Waals surface area contributed by atoms with Gasteiger partial charge >= 0.3 is 0 Å². The van der Waals surface area contributed by atoms with E-state index in [9.17, 15) is 0 Å². The molecule has 1 unspecified atom stereocenters. The van der Waals surface area contributed by atoms with Crippen molar-refractivity contribution >= 4 is 27.4 Å². The average Bonchev–Trinajstić information content (AvgIpc) is 3.04. The van der Waals surface area contributed by atoms with Crippen LogP contribution in [-0.2, 0) is 0 Å². The molecule has 0 aromatic carbocycles. The Hall–Kier alpha value is -1.20. The van der Waals surface area contributed by atoms with Crippen LogP contribution in [0.1, 0.15) is 36.4 Å². The summed E-state index contributed by atoms with van der Waals surface area (Å²) in [7, 11) is 1.96. The molecule has 2 aromatic heterocycles. The molecule has 19 heavy (non-hydrogen) atoms. The van der Waals surface area contributed by atoms with Crippen LogP contribution in [-0.4, -0.2) is 35.0 Å². The number of fused-ring (bicyclic) bond motifs is 1. The maximum Gasteiger partial charge on any atom is 0.143 e. The van der Waals surface area contributed by atoms with Crippen molar-refractivity contribution in [2.24, 2.45) is 0 Å². The van der Waals surface area contributed by atoms with E-state index >= 15 is 0 Å². The SMILES string of the molecule is CNc1cnc2sc(C)nc2c1C(C)N1CCCC1. The molecule has 5 heteroatoms. The van der Waals surface area contributed by atoms with E-state index in [2.05, 4.69) is 29.0 Å². The third-order valence-electron chi connectivity index (χ3n) is 3.95. The summed E-state index contributed by atoms with van der Waals surface area (Å²) in [5.41, 5.74) is 3.49. The molecule has 1 saturated heterocycles. The van der Waals surface area contributed by atoms with Crippen molar-refractivity contribution < 1.29 is 0 Å². The highest BCUT2D eigenvalue weighted by Gasteiger charge is 2.25. The standard InChI is InChI=1S/C14H20N4S/c1-9(18-6-4-5-7-18)12-11(15-3)8-16-14-13(12)17-10(2)19-14/h8-9,15H,4-7H2,1-3H3. The van der Waals surface area contributed by atoms with Gasteiger partial charge in [0.05, 0.1) is 16.9 Å². The fourth-order valence-electron chi connectivity index (χ4n) is 2.93. The first-order chi connectivity index (χ1) is 9.20. The van der Waals surface area contributed by atoms with Crippen LogP contribution in [0.3, 0.4) is 0 Å². The monoisotopic (exact) mass is 276 g/mol. The Morgan fingerprint density at radius 2 is 2.11 bits per heavy atom. The van der Waals surface area contributed by atoms with Gasteiger partial charge in [0, 0.05) is 18.7 Å². The van der Waals surface area contributed by atoms with E-state index in [1.165, 1.54) is 31.5 Å². The largest absolute Gasteiger partial charge is 0.387 e. The number of nitrogens with one attached hydrogen (secondary N) is 1. The Bertz CT molecular complexity index is 586. The molecule has 102 valence electrons. The minimum Gasteiger partial charge on any atom is -0.387 e. The van der Waals surface area contributed by atoms with Gasteiger partial charge in [0.15, 0.2) is 0 Å². The normalized spacial score (nSPS) is 18.1. The molecular formula is C14H20N4S. The lowest BCUT2D eigenvalue weighted by Gasteiger charge is -2.26. The van der Waals surface area contributed by atoms with Crippen LogP contribution < -0.4 is 5.32 Å². The minimum atomic E-state index is 0.400. The molecule has 0 radical (unpaired) electrons. The predicted octanol–water partition coefficient (Wildman–Crippen LogP) is 3.20. The highest BCUT2D eigenvalue weighted by molar-refractivity contribution is 7.18. The summed E-state index contributed by atoms with van der Waals surface area (Å²) in [5.74, 6) is 0. The van der Waals surface area contributed by atoms with Crippen molar-refractivity contribution in [3.63, 3.8) is 0 Å². The van der Waals surface area contributed by atoms with Gasteiger partial charge < -0.3 is 5.32 Å². The first-order valence-corrected chi connectivity index (χ1v) is 7.70. The molecule has 1 fully saturated rings. The topological polar surface area (TPSA) is 41.1 Å². The number of nitrogens with zero attached hydrogens (tertiary/aromatic N) is 3. The summed E-state index contributed by atoms with van der Waals surface area (Å²) in [4.78, 5) is 12.8. The van der Waals surface area contributed by atoms with Crippen molar-refractivity contribution in [2.75, 3.05) is 25.5 Å². The molecule has 0 spiro atoms. The predicted molar refractivity (Wildman–Crippen MR) is 80.9 cm³/mol. The highest BCUT2D eigenvalue weighted by atomic mass is 32.1. The van der Waals surface area contributed by atoms with Crippen molar-refractivity contribution in [1.29, 1.82) is 0 Å². The van der Waals surface area contributed by atoms with E-state index in [4.69, 9.17) is 4.98 Å². The summed E-state index contributed by atoms with van der Waals surface area (Å²) in [6.07, 6.45) is 4.56. The van der Waals surface area contributed by atoms with Crippen LogP contribution in [0, 0.1) is 6.92 Å². The molecule has 0 aliphatic carbocycles. The van der Waals surface area contributed by atoms with E-state index in [1.807, 2.05) is 13.2 Å². The van der Waals surface area contributed by atoms with E-state index in [0.29, 0.717) is 6.04 Å². The molecule has 1 aliphatic heterocycles. The zero-order valence-electron chi connectivity index (χ0n) is 11.7. The first-order valence-electron chi connectivity index (χ1n) is 6.88. The van der Waals surface area contributed by atoms with Gasteiger partial charge in [-0.05, 0) is 39.8 Å². The van der Waals surface area contributed by atoms with Crippen LogP contribution in [0.5, 0.6) is 0 Å². The Morgan fingerprint density at radius 1 is 1.37 bits per heavy atom. The lowest BCUT2D eigenvalue weighted by Crippen LogP contribution is -2.24. The number of rotatable bonds is 3. The van der Waals surface area contributed by atoms with Gasteiger partial charge in [-0.25, -0.2) is 9.97 Å². The fraction of sp³-hybridized carbons (Fsp3) is 0.571. The van der Waals surface area contributed by atoms with E-state index < -0.39 is 0 Å². The number of hydrogen-bond acceptors (Lipinski definition) is 5. The molecule has 0 bridgehead atoms. The molecule has 3 heterocycles. The van der Waals surface area contributed by atoms with Crippen molar-refractivity contribution in [3.8, 4) is 0 Å². The van der Waals surface area contributed by atoms with Crippen molar-refractivity contribution in [1.82, 2.24) is 14.9 Å². The van der Waals surface area contributed by atoms with Gasteiger partial charge in [-0.15, -0.1) is 0 Å². The molecule has 1 N–H and O–H groups in total. The Balaban J connectivity index is 2.12. The molecular weight excluding hydrogens is 256 g/mol. The Labute approximate surface area is 117 Å². The number of likely N-dealkylation sites (tertiary alicyclic amines) is 1. The smallest absolute Gasteiger partial charge is 0.143 e. The molecule has 0 saturated carbocycles. The van der Waals surface area contributed by atoms with Crippen LogP contribution >= 0.6 is 11.3 Å². The van der Waals surface area contributed by atoms with Crippen LogP contribution in [0.4, 0.5) is 5.69 Å². The van der Waals surface area contributed by atoms with Gasteiger partial charge in [0.2, 0.25) is 0 Å². The van der Waals surface area contributed by atoms with Gasteiger partial charge in [0.1, 0.15) is 10.3 Å². The lowest BCUT2D eigenvalue weighted by molar-refractivity contribution is 0.265. The summed E-state index contributed by atoms with van der Waals surface area (Å²) in [6, 6.07) is 0.400. The quantitative estimate of drug-likeness (QED) is 0.934. The number of anilines is 1. The zero-order valence-corrected chi connectivity index (χ0v) is 12.5. The van der Waals surface area contributed by atoms with Gasteiger partial charge in [0.25, 0.3) is 0 Å². The van der Waals surface area contributed by atoms with E-state index in [1.54, 1.807) is 11.3 Å². The number of pyridine rings is 1. The Kier molecular flexibility index (Phi) is 3.41. The van der Waals surface area contributed by atoms with Crippen molar-refractivity contribution in [3.05, 3.63) is 16.8 Å². The first kappa shape index (κ1) is 12.8. The van der Waals surface area contributed by atoms with Gasteiger partial charge in [-0.3, -0.25) is 4.90 Å². The summed E-state index contributed by atoms with van der Waals surface area (Å²) < 4.78 is 0.